The van der Waals surface area contributed by atoms with Gasteiger partial charge < -0.3 is 14.0 Å². The lowest BCUT2D eigenvalue weighted by Crippen LogP contribution is -2.17. The molecule has 0 fully saturated rings. The van der Waals surface area contributed by atoms with Crippen molar-refractivity contribution in [3.63, 3.8) is 0 Å². The molecule has 0 aliphatic rings. The van der Waals surface area contributed by atoms with Gasteiger partial charge in [-0.15, -0.1) is 0 Å². The van der Waals surface area contributed by atoms with Gasteiger partial charge in [0.15, 0.2) is 11.7 Å². The van der Waals surface area contributed by atoms with Crippen LogP contribution in [0.3, 0.4) is 0 Å². The summed E-state index contributed by atoms with van der Waals surface area (Å²) in [6.07, 6.45) is 0. The van der Waals surface area contributed by atoms with Crippen LogP contribution in [0.15, 0.2) is 54.6 Å². The van der Waals surface area contributed by atoms with Gasteiger partial charge in [0.25, 0.3) is 0 Å². The van der Waals surface area contributed by atoms with Gasteiger partial charge in [-0.1, -0.05) is 47.7 Å². The van der Waals surface area contributed by atoms with Crippen molar-refractivity contribution in [1.82, 2.24) is 0 Å². The van der Waals surface area contributed by atoms with Gasteiger partial charge >= 0.3 is 16.4 Å². The lowest BCUT2D eigenvalue weighted by molar-refractivity contribution is -0.139. The molecule has 7 nitrogen and oxygen atoms in total. The molecule has 0 radical (unpaired) electrons. The lowest BCUT2D eigenvalue weighted by Gasteiger charge is -2.11. The van der Waals surface area contributed by atoms with E-state index in [-0.39, 0.29) is 5.06 Å². The first kappa shape index (κ1) is 21.8. The fourth-order valence-electron chi connectivity index (χ4n) is 2.91. The van der Waals surface area contributed by atoms with E-state index in [1.54, 1.807) is 6.07 Å². The Balaban J connectivity index is 1.65. The molecule has 0 saturated heterocycles. The van der Waals surface area contributed by atoms with Crippen molar-refractivity contribution in [3.05, 3.63) is 71.3 Å². The summed E-state index contributed by atoms with van der Waals surface area (Å²) in [4.78, 5) is 10.4. The molecular weight excluding hydrogens is 428 g/mol. The molecule has 0 spiro atoms. The fourth-order valence-corrected chi connectivity index (χ4v) is 4.44. The summed E-state index contributed by atoms with van der Waals surface area (Å²) in [5.41, 5.74) is 5.64. The maximum absolute atomic E-state index is 11.6. The molecule has 1 aromatic heterocycles. The number of hydrogen-bond donors (Lipinski definition) is 1. The molecule has 1 heterocycles. The second-order valence-corrected chi connectivity index (χ2v) is 8.70. The summed E-state index contributed by atoms with van der Waals surface area (Å²) in [6.45, 7) is 3.44. The molecule has 3 rings (SSSR count). The zero-order valence-corrected chi connectivity index (χ0v) is 18.0. The van der Waals surface area contributed by atoms with Crippen LogP contribution in [0.25, 0.3) is 11.1 Å². The van der Waals surface area contributed by atoms with Gasteiger partial charge in [-0.2, -0.15) is 8.42 Å². The number of thiophene rings is 1. The van der Waals surface area contributed by atoms with E-state index in [2.05, 4.69) is 42.3 Å². The molecule has 0 saturated carbocycles. The van der Waals surface area contributed by atoms with E-state index in [9.17, 15) is 13.2 Å². The van der Waals surface area contributed by atoms with Gasteiger partial charge in [-0.05, 0) is 59.9 Å². The number of ether oxygens (including phenoxy) is 1. The summed E-state index contributed by atoms with van der Waals surface area (Å²) >= 11 is 0.968. The molecule has 158 valence electrons. The average molecular weight is 449 g/mol. The predicted molar refractivity (Wildman–Crippen MR) is 113 cm³/mol. The summed E-state index contributed by atoms with van der Waals surface area (Å²) in [5, 5.41) is 8.95. The van der Waals surface area contributed by atoms with E-state index < -0.39 is 23.0 Å². The van der Waals surface area contributed by atoms with E-state index >= 15 is 0 Å². The molecule has 0 aliphatic heterocycles. The second kappa shape index (κ2) is 9.29. The topological polar surface area (TPSA) is 99.1 Å². The Morgan fingerprint density at radius 1 is 1.00 bits per heavy atom. The monoisotopic (exact) mass is 448 g/mol. The minimum atomic E-state index is -4.45. The van der Waals surface area contributed by atoms with Crippen LogP contribution in [-0.4, -0.2) is 26.1 Å². The molecular formula is C21H20O7S2. The highest BCUT2D eigenvalue weighted by molar-refractivity contribution is 7.82. The second-order valence-electron chi connectivity index (χ2n) is 6.48. The first-order valence-electron chi connectivity index (χ1n) is 8.92. The quantitative estimate of drug-likeness (QED) is 0.520. The maximum Gasteiger partial charge on any atom is 0.450 e. The first-order chi connectivity index (χ1) is 14.2. The number of benzene rings is 2. The highest BCUT2D eigenvalue weighted by atomic mass is 32.3. The molecule has 0 atom stereocenters. The van der Waals surface area contributed by atoms with Crippen LogP contribution >= 0.6 is 11.3 Å². The Kier molecular flexibility index (Phi) is 6.76. The molecule has 0 unspecified atom stereocenters. The summed E-state index contributed by atoms with van der Waals surface area (Å²) < 4.78 is 37.8. The number of carboxylic acids is 1. The van der Waals surface area contributed by atoms with Gasteiger partial charge in [0.05, 0.1) is 0 Å². The Bertz CT molecular complexity index is 1130. The van der Waals surface area contributed by atoms with Crippen molar-refractivity contribution in [2.45, 2.75) is 20.5 Å². The molecule has 30 heavy (non-hydrogen) atoms. The molecule has 2 aromatic carbocycles. The van der Waals surface area contributed by atoms with Crippen LogP contribution in [-0.2, 0) is 26.0 Å². The minimum Gasteiger partial charge on any atom is -0.479 e. The predicted octanol–water partition coefficient (Wildman–Crippen LogP) is 4.34. The van der Waals surface area contributed by atoms with Crippen LogP contribution in [0.4, 0.5) is 0 Å². The van der Waals surface area contributed by atoms with E-state index in [1.165, 1.54) is 22.8 Å². The number of hydrogen-bond acceptors (Lipinski definition) is 7. The number of carbonyl (C=O) groups is 1. The molecule has 9 heteroatoms. The summed E-state index contributed by atoms with van der Waals surface area (Å²) in [5.74, 6) is -1.42. The number of aryl methyl sites for hydroxylation is 2. The summed E-state index contributed by atoms with van der Waals surface area (Å²) in [6, 6.07) is 17.2. The number of rotatable bonds is 9. The van der Waals surface area contributed by atoms with Crippen molar-refractivity contribution >= 4 is 27.7 Å². The van der Waals surface area contributed by atoms with Gasteiger partial charge in [0.2, 0.25) is 5.06 Å². The lowest BCUT2D eigenvalue weighted by atomic mass is 9.95. The zero-order chi connectivity index (χ0) is 21.7. The minimum absolute atomic E-state index is 0.0136. The standard InChI is InChI=1S/C21H20O7S2/c1-14-5-3-6-15(2)21(14)17-8-4-7-16(11-17)12-26-19-9-10-20(29-19)28-30(24,25)27-13-18(22)23/h3-11H,12-13H2,1-2H3,(H,22,23). The highest BCUT2D eigenvalue weighted by Gasteiger charge is 2.17. The fraction of sp³-hybridized carbons (Fsp3) is 0.190. The van der Waals surface area contributed by atoms with Gasteiger partial charge in [-0.25, -0.2) is 8.98 Å². The third kappa shape index (κ3) is 5.82. The van der Waals surface area contributed by atoms with E-state index in [1.807, 2.05) is 18.2 Å². The van der Waals surface area contributed by atoms with E-state index in [4.69, 9.17) is 14.0 Å². The molecule has 0 aliphatic carbocycles. The van der Waals surface area contributed by atoms with Gasteiger partial charge in [0, 0.05) is 0 Å². The molecule has 3 aromatic rings. The van der Waals surface area contributed by atoms with Crippen molar-refractivity contribution in [2.75, 3.05) is 6.61 Å². The molecule has 0 amide bonds. The molecule has 0 bridgehead atoms. The third-order valence-electron chi connectivity index (χ3n) is 4.15. The van der Waals surface area contributed by atoms with Crippen molar-refractivity contribution in [1.29, 1.82) is 0 Å². The van der Waals surface area contributed by atoms with Crippen LogP contribution in [0.1, 0.15) is 16.7 Å². The Labute approximate surface area is 178 Å². The third-order valence-corrected chi connectivity index (χ3v) is 5.92. The van der Waals surface area contributed by atoms with Crippen LogP contribution in [0.5, 0.6) is 10.1 Å². The highest BCUT2D eigenvalue weighted by Crippen LogP contribution is 2.33. The normalized spacial score (nSPS) is 11.3. The SMILES string of the molecule is Cc1cccc(C)c1-c1cccc(COc2ccc(OS(=O)(=O)OCC(=O)O)s2)c1. The first-order valence-corrected chi connectivity index (χ1v) is 11.1. The Hall–Kier alpha value is -2.88. The van der Waals surface area contributed by atoms with E-state index in [0.29, 0.717) is 11.7 Å². The number of carboxylic acid groups (broad SMARTS) is 1. The molecule has 1 N–H and O–H groups in total. The Morgan fingerprint density at radius 2 is 1.67 bits per heavy atom. The van der Waals surface area contributed by atoms with Crippen LogP contribution in [0, 0.1) is 13.8 Å². The van der Waals surface area contributed by atoms with Crippen LogP contribution in [0.2, 0.25) is 0 Å². The van der Waals surface area contributed by atoms with E-state index in [0.717, 1.165) is 22.5 Å². The largest absolute Gasteiger partial charge is 0.479 e. The smallest absolute Gasteiger partial charge is 0.450 e. The maximum atomic E-state index is 11.6. The van der Waals surface area contributed by atoms with Crippen LogP contribution < -0.4 is 8.92 Å². The Morgan fingerprint density at radius 3 is 2.37 bits per heavy atom. The number of aliphatic carboxylic acids is 1. The average Bonchev–Trinajstić information content (AvgIpc) is 3.12. The van der Waals surface area contributed by atoms with Crippen molar-refractivity contribution in [2.24, 2.45) is 0 Å². The van der Waals surface area contributed by atoms with Gasteiger partial charge in [0.1, 0.15) is 6.61 Å². The van der Waals surface area contributed by atoms with Crippen molar-refractivity contribution in [3.8, 4) is 21.3 Å². The zero-order valence-electron chi connectivity index (χ0n) is 16.3. The summed E-state index contributed by atoms with van der Waals surface area (Å²) in [7, 11) is -4.45. The van der Waals surface area contributed by atoms with Gasteiger partial charge in [-0.3, -0.25) is 0 Å². The van der Waals surface area contributed by atoms with Crippen molar-refractivity contribution < 1.29 is 31.4 Å².